The largest absolute Gasteiger partial charge is 0.491 e. The summed E-state index contributed by atoms with van der Waals surface area (Å²) < 4.78 is 19.4. The van der Waals surface area contributed by atoms with E-state index in [2.05, 4.69) is 20.8 Å². The molecule has 1 atom stereocenters. The molecular formula is C17H23FN4O2. The Hall–Kier alpha value is -2.57. The van der Waals surface area contributed by atoms with Gasteiger partial charge in [-0.2, -0.15) is 5.10 Å². The Morgan fingerprint density at radius 3 is 2.67 bits per heavy atom. The number of hydrogen-bond donors (Lipinski definition) is 3. The van der Waals surface area contributed by atoms with Gasteiger partial charge < -0.3 is 15.4 Å². The summed E-state index contributed by atoms with van der Waals surface area (Å²) in [5.74, 6) is -0.116. The van der Waals surface area contributed by atoms with Gasteiger partial charge in [0.05, 0.1) is 17.5 Å². The minimum atomic E-state index is -0.543. The van der Waals surface area contributed by atoms with Gasteiger partial charge in [0.25, 0.3) is 0 Å². The third-order valence-electron chi connectivity index (χ3n) is 3.21. The van der Waals surface area contributed by atoms with E-state index >= 15 is 0 Å². The molecule has 0 aliphatic heterocycles. The molecule has 130 valence electrons. The predicted molar refractivity (Wildman–Crippen MR) is 90.8 cm³/mol. The average molecular weight is 334 g/mol. The molecule has 1 heterocycles. The third-order valence-corrected chi connectivity index (χ3v) is 3.21. The summed E-state index contributed by atoms with van der Waals surface area (Å²) >= 11 is 0. The van der Waals surface area contributed by atoms with E-state index in [0.717, 1.165) is 11.4 Å². The van der Waals surface area contributed by atoms with Crippen molar-refractivity contribution in [2.24, 2.45) is 0 Å². The van der Waals surface area contributed by atoms with Crippen molar-refractivity contribution in [2.45, 2.75) is 46.3 Å². The number of rotatable bonds is 6. The van der Waals surface area contributed by atoms with E-state index in [0.29, 0.717) is 12.2 Å². The van der Waals surface area contributed by atoms with E-state index in [-0.39, 0.29) is 17.8 Å². The number of aryl methyl sites for hydroxylation is 1. The highest BCUT2D eigenvalue weighted by Gasteiger charge is 2.12. The van der Waals surface area contributed by atoms with Crippen LogP contribution in [0.15, 0.2) is 24.3 Å². The summed E-state index contributed by atoms with van der Waals surface area (Å²) in [7, 11) is 0. The number of nitrogens with zero attached hydrogens (tertiary/aromatic N) is 1. The van der Waals surface area contributed by atoms with Gasteiger partial charge in [-0.1, -0.05) is 0 Å². The molecule has 2 amide bonds. The normalized spacial score (nSPS) is 12.1. The molecule has 0 radical (unpaired) electrons. The second-order valence-corrected chi connectivity index (χ2v) is 6.05. The van der Waals surface area contributed by atoms with Gasteiger partial charge in [0.15, 0.2) is 0 Å². The predicted octanol–water partition coefficient (Wildman–Crippen LogP) is 3.40. The number of ether oxygens (including phenoxy) is 1. The lowest BCUT2D eigenvalue weighted by Gasteiger charge is -2.15. The van der Waals surface area contributed by atoms with Crippen LogP contribution in [-0.4, -0.2) is 28.4 Å². The van der Waals surface area contributed by atoms with Gasteiger partial charge in [0, 0.05) is 24.2 Å². The van der Waals surface area contributed by atoms with Crippen molar-refractivity contribution < 1.29 is 13.9 Å². The van der Waals surface area contributed by atoms with Gasteiger partial charge in [-0.05, 0) is 45.9 Å². The molecule has 7 heteroatoms. The standard InChI is InChI=1S/C17H23FN4O2/c1-10(2)24-14-5-6-16(15(18)9-14)20-17(23)19-11(3)7-13-8-12(4)21-22-13/h5-6,8-11H,7H2,1-4H3,(H,21,22)(H2,19,20,23). The number of carbonyl (C=O) groups excluding carboxylic acids is 1. The molecule has 0 spiro atoms. The number of carbonyl (C=O) groups is 1. The van der Waals surface area contributed by atoms with Gasteiger partial charge in [-0.25, -0.2) is 9.18 Å². The minimum Gasteiger partial charge on any atom is -0.491 e. The Kier molecular flexibility index (Phi) is 5.78. The van der Waals surface area contributed by atoms with Crippen molar-refractivity contribution in [3.63, 3.8) is 0 Å². The van der Waals surface area contributed by atoms with Crippen LogP contribution in [0.25, 0.3) is 0 Å². The Labute approximate surface area is 140 Å². The van der Waals surface area contributed by atoms with E-state index in [1.165, 1.54) is 12.1 Å². The van der Waals surface area contributed by atoms with Crippen LogP contribution in [0.3, 0.4) is 0 Å². The molecule has 1 aromatic heterocycles. The molecule has 6 nitrogen and oxygen atoms in total. The number of urea groups is 1. The first-order valence-corrected chi connectivity index (χ1v) is 7.88. The summed E-state index contributed by atoms with van der Waals surface area (Å²) in [6.07, 6.45) is 0.541. The third kappa shape index (κ3) is 5.26. The SMILES string of the molecule is Cc1cc(CC(C)NC(=O)Nc2ccc(OC(C)C)cc2F)n[nH]1. The Balaban J connectivity index is 1.89. The summed E-state index contributed by atoms with van der Waals surface area (Å²) in [5, 5.41) is 12.2. The average Bonchev–Trinajstić information content (AvgIpc) is 2.86. The first-order valence-electron chi connectivity index (χ1n) is 7.88. The number of halogens is 1. The smallest absolute Gasteiger partial charge is 0.319 e. The quantitative estimate of drug-likeness (QED) is 0.757. The maximum atomic E-state index is 14.0. The molecule has 2 aromatic rings. The first kappa shape index (κ1) is 17.8. The zero-order valence-corrected chi connectivity index (χ0v) is 14.3. The van der Waals surface area contributed by atoms with E-state index in [4.69, 9.17) is 4.74 Å². The fourth-order valence-corrected chi connectivity index (χ4v) is 2.27. The number of hydrogen-bond acceptors (Lipinski definition) is 3. The number of anilines is 1. The lowest BCUT2D eigenvalue weighted by Crippen LogP contribution is -2.37. The second-order valence-electron chi connectivity index (χ2n) is 6.05. The Bertz CT molecular complexity index is 700. The number of benzene rings is 1. The van der Waals surface area contributed by atoms with Crippen LogP contribution in [0.2, 0.25) is 0 Å². The summed E-state index contributed by atoms with van der Waals surface area (Å²) in [6.45, 7) is 7.50. The Morgan fingerprint density at radius 2 is 2.08 bits per heavy atom. The zero-order chi connectivity index (χ0) is 17.7. The van der Waals surface area contributed by atoms with Crippen LogP contribution in [-0.2, 0) is 6.42 Å². The maximum Gasteiger partial charge on any atom is 0.319 e. The number of amides is 2. The van der Waals surface area contributed by atoms with Crippen molar-refractivity contribution in [3.8, 4) is 5.75 Å². The van der Waals surface area contributed by atoms with Gasteiger partial charge >= 0.3 is 6.03 Å². The monoisotopic (exact) mass is 334 g/mol. The summed E-state index contributed by atoms with van der Waals surface area (Å²) in [6, 6.07) is 5.67. The van der Waals surface area contributed by atoms with Crippen LogP contribution in [0.1, 0.15) is 32.2 Å². The minimum absolute atomic E-state index is 0.0435. The van der Waals surface area contributed by atoms with E-state index in [1.54, 1.807) is 6.07 Å². The molecular weight excluding hydrogens is 311 g/mol. The van der Waals surface area contributed by atoms with Crippen LogP contribution in [0, 0.1) is 12.7 Å². The lowest BCUT2D eigenvalue weighted by molar-refractivity contribution is 0.241. The zero-order valence-electron chi connectivity index (χ0n) is 14.3. The van der Waals surface area contributed by atoms with Crippen molar-refractivity contribution in [3.05, 3.63) is 41.5 Å². The van der Waals surface area contributed by atoms with Crippen molar-refractivity contribution in [1.82, 2.24) is 15.5 Å². The van der Waals surface area contributed by atoms with Crippen LogP contribution in [0.5, 0.6) is 5.75 Å². The number of H-pyrrole nitrogens is 1. The number of aromatic amines is 1. The van der Waals surface area contributed by atoms with Gasteiger partial charge in [0.1, 0.15) is 11.6 Å². The van der Waals surface area contributed by atoms with E-state index < -0.39 is 11.8 Å². The highest BCUT2D eigenvalue weighted by atomic mass is 19.1. The van der Waals surface area contributed by atoms with Crippen LogP contribution >= 0.6 is 0 Å². The molecule has 2 rings (SSSR count). The highest BCUT2D eigenvalue weighted by Crippen LogP contribution is 2.21. The van der Waals surface area contributed by atoms with Crippen molar-refractivity contribution in [1.29, 1.82) is 0 Å². The van der Waals surface area contributed by atoms with Gasteiger partial charge in [0.2, 0.25) is 0 Å². The van der Waals surface area contributed by atoms with E-state index in [9.17, 15) is 9.18 Å². The molecule has 0 bridgehead atoms. The first-order chi connectivity index (χ1) is 11.3. The van der Waals surface area contributed by atoms with Gasteiger partial charge in [-0.3, -0.25) is 5.10 Å². The fourth-order valence-electron chi connectivity index (χ4n) is 2.27. The molecule has 24 heavy (non-hydrogen) atoms. The molecule has 1 aromatic carbocycles. The van der Waals surface area contributed by atoms with Crippen LogP contribution in [0.4, 0.5) is 14.9 Å². The van der Waals surface area contributed by atoms with Crippen molar-refractivity contribution in [2.75, 3.05) is 5.32 Å². The molecule has 3 N–H and O–H groups in total. The fraction of sp³-hybridized carbons (Fsp3) is 0.412. The summed E-state index contributed by atoms with van der Waals surface area (Å²) in [4.78, 5) is 12.0. The number of aromatic nitrogens is 2. The topological polar surface area (TPSA) is 79.0 Å². The Morgan fingerprint density at radius 1 is 1.33 bits per heavy atom. The van der Waals surface area contributed by atoms with Crippen LogP contribution < -0.4 is 15.4 Å². The second kappa shape index (κ2) is 7.81. The van der Waals surface area contributed by atoms with E-state index in [1.807, 2.05) is 33.8 Å². The maximum absolute atomic E-state index is 14.0. The summed E-state index contributed by atoms with van der Waals surface area (Å²) in [5.41, 5.74) is 1.93. The molecule has 0 saturated carbocycles. The molecule has 0 fully saturated rings. The van der Waals surface area contributed by atoms with Crippen molar-refractivity contribution >= 4 is 11.7 Å². The molecule has 0 aliphatic rings. The molecule has 1 unspecified atom stereocenters. The highest BCUT2D eigenvalue weighted by molar-refractivity contribution is 5.89. The van der Waals surface area contributed by atoms with Gasteiger partial charge in [-0.15, -0.1) is 0 Å². The molecule has 0 saturated heterocycles. The number of nitrogens with one attached hydrogen (secondary N) is 3. The lowest BCUT2D eigenvalue weighted by atomic mass is 10.2. The molecule has 0 aliphatic carbocycles.